The Morgan fingerprint density at radius 1 is 0.577 bits per heavy atom. The first-order chi connectivity index (χ1) is 12.7. The topological polar surface area (TPSA) is 46.2 Å². The quantitative estimate of drug-likeness (QED) is 0.698. The van der Waals surface area contributed by atoms with E-state index >= 15 is 0 Å². The first kappa shape index (κ1) is 17.6. The van der Waals surface area contributed by atoms with Crippen LogP contribution in [0.2, 0.25) is 0 Å². The lowest BCUT2D eigenvalue weighted by Crippen LogP contribution is -2.14. The number of hydrogen-bond donors (Lipinski definition) is 1. The average molecular weight is 343 g/mol. The van der Waals surface area contributed by atoms with Crippen LogP contribution in [0.3, 0.4) is 0 Å². The highest BCUT2D eigenvalue weighted by molar-refractivity contribution is 5.92. The van der Waals surface area contributed by atoms with Crippen molar-refractivity contribution in [1.82, 2.24) is 0 Å². The highest BCUT2D eigenvalue weighted by atomic mass is 16.1. The van der Waals surface area contributed by atoms with E-state index in [0.717, 1.165) is 22.4 Å². The van der Waals surface area contributed by atoms with E-state index in [1.54, 1.807) is 0 Å². The molecule has 3 aromatic rings. The van der Waals surface area contributed by atoms with Crippen molar-refractivity contribution in [3.05, 3.63) is 102 Å². The van der Waals surface area contributed by atoms with Crippen molar-refractivity contribution in [1.29, 1.82) is 0 Å². The Labute approximate surface area is 153 Å². The Morgan fingerprint density at radius 3 is 1.62 bits per heavy atom. The van der Waals surface area contributed by atoms with Gasteiger partial charge >= 0.3 is 0 Å². The van der Waals surface area contributed by atoms with Crippen molar-refractivity contribution in [3.8, 4) is 0 Å². The molecule has 0 aliphatic heterocycles. The van der Waals surface area contributed by atoms with Gasteiger partial charge in [0.2, 0.25) is 5.91 Å². The number of carbonyl (C=O) groups is 2. The number of ketones is 1. The Hall–Kier alpha value is -3.20. The van der Waals surface area contributed by atoms with Gasteiger partial charge in [-0.2, -0.15) is 0 Å². The van der Waals surface area contributed by atoms with E-state index in [1.165, 1.54) is 0 Å². The lowest BCUT2D eigenvalue weighted by atomic mass is 10.0. The standard InChI is InChI=1S/C23H21NO2/c25-22(15-18-7-3-1-4-8-18)16-19-11-13-20(14-12-19)17-23(26)24-21-9-5-2-6-10-21/h1-14H,15-17H2,(H,24,26). The predicted octanol–water partition coefficient (Wildman–Crippen LogP) is 4.22. The number of amides is 1. The number of benzene rings is 3. The van der Waals surface area contributed by atoms with Gasteiger partial charge in [-0.3, -0.25) is 9.59 Å². The average Bonchev–Trinajstić information content (AvgIpc) is 2.65. The summed E-state index contributed by atoms with van der Waals surface area (Å²) >= 11 is 0. The molecule has 0 fully saturated rings. The van der Waals surface area contributed by atoms with E-state index in [1.807, 2.05) is 84.9 Å². The van der Waals surface area contributed by atoms with Gasteiger partial charge in [-0.15, -0.1) is 0 Å². The molecule has 0 atom stereocenters. The number of carbonyl (C=O) groups excluding carboxylic acids is 2. The van der Waals surface area contributed by atoms with Crippen LogP contribution in [0, 0.1) is 0 Å². The summed E-state index contributed by atoms with van der Waals surface area (Å²) < 4.78 is 0. The maximum absolute atomic E-state index is 12.2. The molecule has 0 saturated carbocycles. The number of Topliss-reactive ketones (excluding diaryl/α,β-unsaturated/α-hetero) is 1. The van der Waals surface area contributed by atoms with Crippen molar-refractivity contribution in [2.75, 3.05) is 5.32 Å². The van der Waals surface area contributed by atoms with Crippen molar-refractivity contribution in [3.63, 3.8) is 0 Å². The molecule has 130 valence electrons. The monoisotopic (exact) mass is 343 g/mol. The van der Waals surface area contributed by atoms with Crippen LogP contribution in [0.1, 0.15) is 16.7 Å². The Bertz CT molecular complexity index is 781. The number of anilines is 1. The van der Waals surface area contributed by atoms with Crippen LogP contribution in [-0.2, 0) is 28.9 Å². The molecule has 3 aromatic carbocycles. The molecule has 0 bridgehead atoms. The second-order valence-corrected chi connectivity index (χ2v) is 6.29. The molecule has 0 unspecified atom stereocenters. The first-order valence-electron chi connectivity index (χ1n) is 8.67. The fourth-order valence-corrected chi connectivity index (χ4v) is 2.80. The highest BCUT2D eigenvalue weighted by Crippen LogP contribution is 2.10. The normalized spacial score (nSPS) is 10.3. The molecule has 0 aromatic heterocycles. The third-order valence-electron chi connectivity index (χ3n) is 4.09. The summed E-state index contributed by atoms with van der Waals surface area (Å²) in [6, 6.07) is 26.8. The predicted molar refractivity (Wildman–Crippen MR) is 104 cm³/mol. The molecule has 1 N–H and O–H groups in total. The third kappa shape index (κ3) is 5.42. The second kappa shape index (κ2) is 8.77. The smallest absolute Gasteiger partial charge is 0.228 e. The van der Waals surface area contributed by atoms with Gasteiger partial charge in [-0.25, -0.2) is 0 Å². The fourth-order valence-electron chi connectivity index (χ4n) is 2.80. The van der Waals surface area contributed by atoms with Crippen LogP contribution < -0.4 is 5.32 Å². The van der Waals surface area contributed by atoms with Crippen LogP contribution in [0.25, 0.3) is 0 Å². The van der Waals surface area contributed by atoms with Gasteiger partial charge in [-0.05, 0) is 28.8 Å². The summed E-state index contributed by atoms with van der Waals surface area (Å²) in [6.07, 6.45) is 1.17. The minimum absolute atomic E-state index is 0.0518. The molecular formula is C23H21NO2. The molecule has 0 spiro atoms. The van der Waals surface area contributed by atoms with Gasteiger partial charge in [-0.1, -0.05) is 72.8 Å². The summed E-state index contributed by atoms with van der Waals surface area (Å²) in [7, 11) is 0. The highest BCUT2D eigenvalue weighted by Gasteiger charge is 2.07. The van der Waals surface area contributed by atoms with Crippen molar-refractivity contribution in [2.45, 2.75) is 19.3 Å². The van der Waals surface area contributed by atoms with E-state index in [2.05, 4.69) is 5.32 Å². The molecule has 1 amide bonds. The number of rotatable bonds is 7. The molecule has 0 saturated heterocycles. The molecule has 3 nitrogen and oxygen atoms in total. The molecule has 26 heavy (non-hydrogen) atoms. The van der Waals surface area contributed by atoms with Crippen LogP contribution in [-0.4, -0.2) is 11.7 Å². The SMILES string of the molecule is O=C(Cc1ccccc1)Cc1ccc(CC(=O)Nc2ccccc2)cc1. The van der Waals surface area contributed by atoms with E-state index < -0.39 is 0 Å². The zero-order valence-electron chi connectivity index (χ0n) is 14.5. The lowest BCUT2D eigenvalue weighted by Gasteiger charge is -2.06. The Morgan fingerprint density at radius 2 is 1.04 bits per heavy atom. The summed E-state index contributed by atoms with van der Waals surface area (Å²) in [6.45, 7) is 0. The summed E-state index contributed by atoms with van der Waals surface area (Å²) in [4.78, 5) is 24.3. The summed E-state index contributed by atoms with van der Waals surface area (Å²) in [5, 5.41) is 2.87. The Kier molecular flexibility index (Phi) is 5.94. The zero-order chi connectivity index (χ0) is 18.2. The van der Waals surface area contributed by atoms with Crippen molar-refractivity contribution < 1.29 is 9.59 Å². The van der Waals surface area contributed by atoms with Gasteiger partial charge in [0.1, 0.15) is 5.78 Å². The van der Waals surface area contributed by atoms with Gasteiger partial charge in [0.25, 0.3) is 0 Å². The third-order valence-corrected chi connectivity index (χ3v) is 4.09. The van der Waals surface area contributed by atoms with Gasteiger partial charge in [0, 0.05) is 18.5 Å². The van der Waals surface area contributed by atoms with Crippen LogP contribution in [0.4, 0.5) is 5.69 Å². The maximum Gasteiger partial charge on any atom is 0.228 e. The molecule has 0 aliphatic carbocycles. The largest absolute Gasteiger partial charge is 0.326 e. The van der Waals surface area contributed by atoms with Crippen molar-refractivity contribution in [2.24, 2.45) is 0 Å². The molecule has 0 aliphatic rings. The number of para-hydroxylation sites is 1. The second-order valence-electron chi connectivity index (χ2n) is 6.29. The minimum Gasteiger partial charge on any atom is -0.326 e. The minimum atomic E-state index is -0.0518. The maximum atomic E-state index is 12.2. The molecule has 3 heteroatoms. The van der Waals surface area contributed by atoms with Crippen LogP contribution in [0.5, 0.6) is 0 Å². The summed E-state index contributed by atoms with van der Waals surface area (Å²) in [5.41, 5.74) is 3.73. The van der Waals surface area contributed by atoms with Crippen molar-refractivity contribution >= 4 is 17.4 Å². The first-order valence-corrected chi connectivity index (χ1v) is 8.67. The van der Waals surface area contributed by atoms with E-state index in [-0.39, 0.29) is 11.7 Å². The van der Waals surface area contributed by atoms with Gasteiger partial charge < -0.3 is 5.32 Å². The summed E-state index contributed by atoms with van der Waals surface area (Å²) in [5.74, 6) is 0.134. The zero-order valence-corrected chi connectivity index (χ0v) is 14.5. The Balaban J connectivity index is 1.51. The van der Waals surface area contributed by atoms with E-state index in [4.69, 9.17) is 0 Å². The number of nitrogens with one attached hydrogen (secondary N) is 1. The van der Waals surface area contributed by atoms with Crippen LogP contribution in [0.15, 0.2) is 84.9 Å². The van der Waals surface area contributed by atoms with Gasteiger partial charge in [0.15, 0.2) is 0 Å². The molecular weight excluding hydrogens is 322 g/mol. The molecule has 0 radical (unpaired) electrons. The van der Waals surface area contributed by atoms with Gasteiger partial charge in [0.05, 0.1) is 6.42 Å². The van der Waals surface area contributed by atoms with Crippen LogP contribution >= 0.6 is 0 Å². The van der Waals surface area contributed by atoms with E-state index in [0.29, 0.717) is 19.3 Å². The lowest BCUT2D eigenvalue weighted by molar-refractivity contribution is -0.118. The molecule has 3 rings (SSSR count). The molecule has 0 heterocycles. The van der Waals surface area contributed by atoms with E-state index in [9.17, 15) is 9.59 Å². The fraction of sp³-hybridized carbons (Fsp3) is 0.130. The number of hydrogen-bond acceptors (Lipinski definition) is 2.